The van der Waals surface area contributed by atoms with Gasteiger partial charge in [0.15, 0.2) is 0 Å². The third kappa shape index (κ3) is 2.51. The number of benzene rings is 2. The van der Waals surface area contributed by atoms with Gasteiger partial charge >= 0.3 is 0 Å². The number of rotatable bonds is 3. The maximum atomic E-state index is 9.00. The Hall–Kier alpha value is -2.31. The fourth-order valence-corrected chi connectivity index (χ4v) is 2.75. The van der Waals surface area contributed by atoms with Crippen LogP contribution in [0.3, 0.4) is 0 Å². The van der Waals surface area contributed by atoms with E-state index in [4.69, 9.17) is 16.9 Å². The Morgan fingerprint density at radius 1 is 1.24 bits per heavy atom. The van der Waals surface area contributed by atoms with Crippen LogP contribution in [0.2, 0.25) is 5.02 Å². The fraction of sp³-hybridized carbons (Fsp3) is 0.176. The predicted molar refractivity (Wildman–Crippen MR) is 84.4 cm³/mol. The summed E-state index contributed by atoms with van der Waals surface area (Å²) in [4.78, 5) is 4.68. The van der Waals surface area contributed by atoms with E-state index in [1.807, 2.05) is 42.5 Å². The molecule has 3 aromatic rings. The molecule has 104 valence electrons. The first-order valence-electron chi connectivity index (χ1n) is 6.85. The average Bonchev–Trinajstić information content (AvgIpc) is 2.85. The number of imidazole rings is 1. The summed E-state index contributed by atoms with van der Waals surface area (Å²) in [5.41, 5.74) is 3.61. The fourth-order valence-electron chi connectivity index (χ4n) is 2.55. The van der Waals surface area contributed by atoms with E-state index in [2.05, 4.69) is 22.5 Å². The van der Waals surface area contributed by atoms with Crippen molar-refractivity contribution in [2.45, 2.75) is 19.9 Å². The van der Waals surface area contributed by atoms with Gasteiger partial charge in [-0.05, 0) is 36.8 Å². The van der Waals surface area contributed by atoms with Gasteiger partial charge in [0.2, 0.25) is 0 Å². The molecule has 0 atom stereocenters. The lowest BCUT2D eigenvalue weighted by molar-refractivity contribution is 0.733. The second kappa shape index (κ2) is 5.59. The summed E-state index contributed by atoms with van der Waals surface area (Å²) in [5.74, 6) is 0.968. The first-order valence-corrected chi connectivity index (χ1v) is 7.23. The quantitative estimate of drug-likeness (QED) is 0.727. The molecule has 0 spiro atoms. The largest absolute Gasteiger partial charge is 0.328 e. The Bertz CT molecular complexity index is 843. The first kappa shape index (κ1) is 13.7. The van der Waals surface area contributed by atoms with Crippen LogP contribution in [0.4, 0.5) is 0 Å². The Morgan fingerprint density at radius 3 is 2.76 bits per heavy atom. The van der Waals surface area contributed by atoms with Gasteiger partial charge in [0.1, 0.15) is 5.82 Å². The SMILES string of the molecule is CCn1c(Cc2ccccc2Cl)nc2cc(C#N)ccc21. The summed E-state index contributed by atoms with van der Waals surface area (Å²) in [6, 6.07) is 15.6. The molecule has 0 aliphatic heterocycles. The molecular formula is C17H14ClN3. The molecule has 1 heterocycles. The standard InChI is InChI=1S/C17H14ClN3/c1-2-21-16-8-7-12(11-19)9-15(16)20-17(21)10-13-5-3-4-6-14(13)18/h3-9H,2,10H2,1H3. The van der Waals surface area contributed by atoms with Gasteiger partial charge in [-0.25, -0.2) is 4.98 Å². The van der Waals surface area contributed by atoms with Crippen molar-refractivity contribution in [3.63, 3.8) is 0 Å². The minimum atomic E-state index is 0.632. The van der Waals surface area contributed by atoms with E-state index in [9.17, 15) is 0 Å². The second-order valence-electron chi connectivity index (χ2n) is 4.86. The smallest absolute Gasteiger partial charge is 0.114 e. The minimum Gasteiger partial charge on any atom is -0.328 e. The summed E-state index contributed by atoms with van der Waals surface area (Å²) in [6.07, 6.45) is 0.685. The molecule has 0 radical (unpaired) electrons. The Labute approximate surface area is 128 Å². The van der Waals surface area contributed by atoms with Crippen LogP contribution in [0, 0.1) is 11.3 Å². The molecule has 21 heavy (non-hydrogen) atoms. The lowest BCUT2D eigenvalue weighted by Crippen LogP contribution is -2.02. The van der Waals surface area contributed by atoms with Crippen molar-refractivity contribution in [3.8, 4) is 6.07 Å². The topological polar surface area (TPSA) is 41.6 Å². The molecular weight excluding hydrogens is 282 g/mol. The monoisotopic (exact) mass is 295 g/mol. The summed E-state index contributed by atoms with van der Waals surface area (Å²) < 4.78 is 2.17. The molecule has 0 saturated heterocycles. The van der Waals surface area contributed by atoms with Gasteiger partial charge in [0.25, 0.3) is 0 Å². The van der Waals surface area contributed by atoms with Crippen LogP contribution >= 0.6 is 11.6 Å². The number of hydrogen-bond donors (Lipinski definition) is 0. The van der Waals surface area contributed by atoms with Crippen molar-refractivity contribution in [2.24, 2.45) is 0 Å². The van der Waals surface area contributed by atoms with Crippen LogP contribution in [0.25, 0.3) is 11.0 Å². The predicted octanol–water partition coefficient (Wildman–Crippen LogP) is 4.17. The highest BCUT2D eigenvalue weighted by atomic mass is 35.5. The van der Waals surface area contributed by atoms with Crippen molar-refractivity contribution < 1.29 is 0 Å². The summed E-state index contributed by atoms with van der Waals surface area (Å²) in [5, 5.41) is 9.75. The number of hydrogen-bond acceptors (Lipinski definition) is 2. The number of aryl methyl sites for hydroxylation is 1. The molecule has 0 N–H and O–H groups in total. The molecule has 1 aromatic heterocycles. The van der Waals surface area contributed by atoms with Gasteiger partial charge in [0.05, 0.1) is 22.7 Å². The number of fused-ring (bicyclic) bond motifs is 1. The molecule has 0 fully saturated rings. The molecule has 2 aromatic carbocycles. The van der Waals surface area contributed by atoms with E-state index in [1.165, 1.54) is 0 Å². The van der Waals surface area contributed by atoms with Gasteiger partial charge in [-0.2, -0.15) is 5.26 Å². The van der Waals surface area contributed by atoms with Crippen molar-refractivity contribution in [2.75, 3.05) is 0 Å². The summed E-state index contributed by atoms with van der Waals surface area (Å²) >= 11 is 6.24. The molecule has 3 nitrogen and oxygen atoms in total. The Kier molecular flexibility index (Phi) is 3.64. The molecule has 0 aliphatic carbocycles. The maximum absolute atomic E-state index is 9.00. The van der Waals surface area contributed by atoms with Gasteiger partial charge in [0, 0.05) is 18.0 Å². The van der Waals surface area contributed by atoms with E-state index < -0.39 is 0 Å². The highest BCUT2D eigenvalue weighted by Gasteiger charge is 2.12. The number of halogens is 1. The maximum Gasteiger partial charge on any atom is 0.114 e. The highest BCUT2D eigenvalue weighted by Crippen LogP contribution is 2.23. The summed E-state index contributed by atoms with van der Waals surface area (Å²) in [6.45, 7) is 2.93. The van der Waals surface area contributed by atoms with Crippen LogP contribution in [-0.4, -0.2) is 9.55 Å². The number of aromatic nitrogens is 2. The first-order chi connectivity index (χ1) is 10.2. The van der Waals surface area contributed by atoms with Crippen molar-refractivity contribution in [1.29, 1.82) is 5.26 Å². The zero-order valence-electron chi connectivity index (χ0n) is 11.7. The van der Waals surface area contributed by atoms with Gasteiger partial charge in [-0.1, -0.05) is 29.8 Å². The van der Waals surface area contributed by atoms with E-state index >= 15 is 0 Å². The normalized spacial score (nSPS) is 10.7. The van der Waals surface area contributed by atoms with E-state index in [0.717, 1.165) is 34.0 Å². The van der Waals surface area contributed by atoms with Crippen molar-refractivity contribution in [3.05, 3.63) is 64.4 Å². The molecule has 4 heteroatoms. The Balaban J connectivity index is 2.10. The van der Waals surface area contributed by atoms with Crippen molar-refractivity contribution >= 4 is 22.6 Å². The van der Waals surface area contributed by atoms with E-state index in [1.54, 1.807) is 0 Å². The van der Waals surface area contributed by atoms with Gasteiger partial charge < -0.3 is 4.57 Å². The molecule has 0 amide bonds. The van der Waals surface area contributed by atoms with Crippen LogP contribution in [-0.2, 0) is 13.0 Å². The Morgan fingerprint density at radius 2 is 2.05 bits per heavy atom. The number of nitriles is 1. The van der Waals surface area contributed by atoms with Crippen LogP contribution in [0.1, 0.15) is 23.9 Å². The summed E-state index contributed by atoms with van der Waals surface area (Å²) in [7, 11) is 0. The molecule has 0 saturated carbocycles. The van der Waals surface area contributed by atoms with Crippen LogP contribution in [0.15, 0.2) is 42.5 Å². The van der Waals surface area contributed by atoms with Crippen molar-refractivity contribution in [1.82, 2.24) is 9.55 Å². The molecule has 0 aliphatic rings. The number of nitrogens with zero attached hydrogens (tertiary/aromatic N) is 3. The average molecular weight is 296 g/mol. The molecule has 0 bridgehead atoms. The third-order valence-electron chi connectivity index (χ3n) is 3.58. The third-order valence-corrected chi connectivity index (χ3v) is 3.95. The zero-order valence-corrected chi connectivity index (χ0v) is 12.4. The molecule has 0 unspecified atom stereocenters. The highest BCUT2D eigenvalue weighted by molar-refractivity contribution is 6.31. The van der Waals surface area contributed by atoms with E-state index in [0.29, 0.717) is 12.0 Å². The second-order valence-corrected chi connectivity index (χ2v) is 5.26. The van der Waals surface area contributed by atoms with Crippen LogP contribution < -0.4 is 0 Å². The minimum absolute atomic E-state index is 0.632. The van der Waals surface area contributed by atoms with E-state index in [-0.39, 0.29) is 0 Å². The van der Waals surface area contributed by atoms with Crippen LogP contribution in [0.5, 0.6) is 0 Å². The van der Waals surface area contributed by atoms with Gasteiger partial charge in [-0.15, -0.1) is 0 Å². The lowest BCUT2D eigenvalue weighted by Gasteiger charge is -2.07. The molecule has 3 rings (SSSR count). The lowest BCUT2D eigenvalue weighted by atomic mass is 10.1. The van der Waals surface area contributed by atoms with Gasteiger partial charge in [-0.3, -0.25) is 0 Å². The zero-order chi connectivity index (χ0) is 14.8.